The van der Waals surface area contributed by atoms with Gasteiger partial charge < -0.3 is 19.5 Å². The molecule has 2 heterocycles. The van der Waals surface area contributed by atoms with Gasteiger partial charge in [-0.1, -0.05) is 19.1 Å². The van der Waals surface area contributed by atoms with Crippen LogP contribution in [0.1, 0.15) is 27.0 Å². The zero-order valence-corrected chi connectivity index (χ0v) is 15.6. The lowest BCUT2D eigenvalue weighted by Crippen LogP contribution is -2.42. The van der Waals surface area contributed by atoms with E-state index in [4.69, 9.17) is 14.2 Å². The van der Waals surface area contributed by atoms with Gasteiger partial charge in [-0.25, -0.2) is 4.79 Å². The second-order valence-electron chi connectivity index (χ2n) is 5.95. The van der Waals surface area contributed by atoms with Crippen molar-refractivity contribution >= 4 is 23.2 Å². The molecule has 2 aromatic rings. The molecule has 1 N–H and O–H groups in total. The third-order valence-corrected chi connectivity index (χ3v) is 5.33. The first-order chi connectivity index (χ1) is 12.6. The average Bonchev–Trinajstić information content (AvgIpc) is 3.05. The summed E-state index contributed by atoms with van der Waals surface area (Å²) in [6.07, 6.45) is 0.591. The number of para-hydroxylation sites is 2. The van der Waals surface area contributed by atoms with E-state index in [-0.39, 0.29) is 25.2 Å². The van der Waals surface area contributed by atoms with Gasteiger partial charge in [0.05, 0.1) is 6.54 Å². The maximum atomic E-state index is 12.0. The SMILES string of the molecule is CCc1sc(C(=O)OCC(=O)NCC2COc3ccccc3O2)cc1C. The fourth-order valence-corrected chi connectivity index (χ4v) is 3.62. The van der Waals surface area contributed by atoms with Crippen LogP contribution in [0.4, 0.5) is 0 Å². The summed E-state index contributed by atoms with van der Waals surface area (Å²) in [4.78, 5) is 25.6. The molecular formula is C19H21NO5S. The third-order valence-electron chi connectivity index (χ3n) is 3.97. The van der Waals surface area contributed by atoms with Crippen molar-refractivity contribution in [3.63, 3.8) is 0 Å². The Morgan fingerprint density at radius 2 is 2.08 bits per heavy atom. The van der Waals surface area contributed by atoms with Gasteiger partial charge in [-0.3, -0.25) is 4.79 Å². The Bertz CT molecular complexity index is 801. The zero-order chi connectivity index (χ0) is 18.5. The van der Waals surface area contributed by atoms with E-state index in [1.165, 1.54) is 11.3 Å². The number of nitrogens with one attached hydrogen (secondary N) is 1. The Morgan fingerprint density at radius 3 is 2.81 bits per heavy atom. The Labute approximate surface area is 156 Å². The molecule has 1 aromatic heterocycles. The summed E-state index contributed by atoms with van der Waals surface area (Å²) in [7, 11) is 0. The van der Waals surface area contributed by atoms with Gasteiger partial charge in [0.15, 0.2) is 18.1 Å². The first-order valence-corrected chi connectivity index (χ1v) is 9.30. The number of carbonyl (C=O) groups is 2. The highest BCUT2D eigenvalue weighted by atomic mass is 32.1. The molecule has 1 aliphatic rings. The predicted molar refractivity (Wildman–Crippen MR) is 98.1 cm³/mol. The lowest BCUT2D eigenvalue weighted by atomic mass is 10.2. The Balaban J connectivity index is 1.42. The number of hydrogen-bond donors (Lipinski definition) is 1. The molecule has 0 fully saturated rings. The largest absolute Gasteiger partial charge is 0.486 e. The number of amides is 1. The van der Waals surface area contributed by atoms with Crippen molar-refractivity contribution in [1.29, 1.82) is 0 Å². The van der Waals surface area contributed by atoms with E-state index in [1.807, 2.05) is 38.1 Å². The van der Waals surface area contributed by atoms with Gasteiger partial charge in [0.25, 0.3) is 5.91 Å². The first kappa shape index (κ1) is 18.3. The number of esters is 1. The van der Waals surface area contributed by atoms with Gasteiger partial charge in [0, 0.05) is 4.88 Å². The van der Waals surface area contributed by atoms with Crippen LogP contribution < -0.4 is 14.8 Å². The van der Waals surface area contributed by atoms with E-state index in [1.54, 1.807) is 6.07 Å². The molecule has 7 heteroatoms. The summed E-state index contributed by atoms with van der Waals surface area (Å²) in [6.45, 7) is 4.32. The van der Waals surface area contributed by atoms with Crippen LogP contribution in [0.3, 0.4) is 0 Å². The fourth-order valence-electron chi connectivity index (χ4n) is 2.62. The van der Waals surface area contributed by atoms with E-state index in [2.05, 4.69) is 5.32 Å². The average molecular weight is 375 g/mol. The highest BCUT2D eigenvalue weighted by Crippen LogP contribution is 2.30. The number of hydrogen-bond acceptors (Lipinski definition) is 6. The van der Waals surface area contributed by atoms with Gasteiger partial charge in [0.1, 0.15) is 17.6 Å². The summed E-state index contributed by atoms with van der Waals surface area (Å²) in [5, 5.41) is 2.70. The van der Waals surface area contributed by atoms with Crippen molar-refractivity contribution < 1.29 is 23.8 Å². The fraction of sp³-hybridized carbons (Fsp3) is 0.368. The van der Waals surface area contributed by atoms with Crippen LogP contribution in [0.15, 0.2) is 30.3 Å². The zero-order valence-electron chi connectivity index (χ0n) is 14.7. The van der Waals surface area contributed by atoms with Gasteiger partial charge in [-0.15, -0.1) is 11.3 Å². The van der Waals surface area contributed by atoms with E-state index in [0.29, 0.717) is 23.0 Å². The molecular weight excluding hydrogens is 354 g/mol. The van der Waals surface area contributed by atoms with Crippen molar-refractivity contribution in [3.05, 3.63) is 45.6 Å². The molecule has 1 aliphatic heterocycles. The highest BCUT2D eigenvalue weighted by Gasteiger charge is 2.21. The van der Waals surface area contributed by atoms with Crippen molar-refractivity contribution in [3.8, 4) is 11.5 Å². The van der Waals surface area contributed by atoms with Crippen LogP contribution in [0.5, 0.6) is 11.5 Å². The van der Waals surface area contributed by atoms with Crippen molar-refractivity contribution in [1.82, 2.24) is 5.32 Å². The summed E-state index contributed by atoms with van der Waals surface area (Å²) in [6, 6.07) is 9.18. The second-order valence-corrected chi connectivity index (χ2v) is 7.08. The quantitative estimate of drug-likeness (QED) is 0.786. The predicted octanol–water partition coefficient (Wildman–Crippen LogP) is 2.73. The Morgan fingerprint density at radius 1 is 1.31 bits per heavy atom. The van der Waals surface area contributed by atoms with Crippen LogP contribution in [0.2, 0.25) is 0 Å². The normalized spacial score (nSPS) is 15.4. The molecule has 0 radical (unpaired) electrons. The molecule has 0 aliphatic carbocycles. The standard InChI is InChI=1S/C19H21NO5S/c1-3-16-12(2)8-17(26-16)19(22)24-11-18(21)20-9-13-10-23-14-6-4-5-7-15(14)25-13/h4-8,13H,3,9-11H2,1-2H3,(H,20,21). The molecule has 0 saturated carbocycles. The van der Waals surface area contributed by atoms with E-state index in [0.717, 1.165) is 16.9 Å². The minimum Gasteiger partial charge on any atom is -0.486 e. The minimum atomic E-state index is -0.473. The van der Waals surface area contributed by atoms with Crippen LogP contribution in [-0.2, 0) is 16.0 Å². The molecule has 1 atom stereocenters. The van der Waals surface area contributed by atoms with Crippen LogP contribution in [-0.4, -0.2) is 37.7 Å². The molecule has 6 nitrogen and oxygen atoms in total. The Kier molecular flexibility index (Phi) is 5.78. The maximum absolute atomic E-state index is 12.0. The molecule has 26 heavy (non-hydrogen) atoms. The number of aryl methyl sites for hydroxylation is 2. The molecule has 0 spiro atoms. The minimum absolute atomic E-state index is 0.281. The monoisotopic (exact) mass is 375 g/mol. The smallest absolute Gasteiger partial charge is 0.348 e. The van der Waals surface area contributed by atoms with Crippen LogP contribution >= 0.6 is 11.3 Å². The third kappa shape index (κ3) is 4.35. The number of thiophene rings is 1. The molecule has 1 amide bonds. The number of fused-ring (bicyclic) bond motifs is 1. The van der Waals surface area contributed by atoms with Gasteiger partial charge in [-0.2, -0.15) is 0 Å². The number of carbonyl (C=O) groups excluding carboxylic acids is 2. The molecule has 1 unspecified atom stereocenters. The van der Waals surface area contributed by atoms with E-state index in [9.17, 15) is 9.59 Å². The van der Waals surface area contributed by atoms with E-state index < -0.39 is 5.97 Å². The molecule has 0 saturated heterocycles. The number of rotatable bonds is 6. The molecule has 138 valence electrons. The summed E-state index contributed by atoms with van der Waals surface area (Å²) >= 11 is 1.41. The van der Waals surface area contributed by atoms with Crippen LogP contribution in [0.25, 0.3) is 0 Å². The highest BCUT2D eigenvalue weighted by molar-refractivity contribution is 7.14. The van der Waals surface area contributed by atoms with Crippen LogP contribution in [0, 0.1) is 6.92 Å². The maximum Gasteiger partial charge on any atom is 0.348 e. The Hall–Kier alpha value is -2.54. The molecule has 3 rings (SSSR count). The number of benzene rings is 1. The lowest BCUT2D eigenvalue weighted by Gasteiger charge is -2.26. The molecule has 1 aromatic carbocycles. The van der Waals surface area contributed by atoms with Gasteiger partial charge in [0.2, 0.25) is 0 Å². The summed E-state index contributed by atoms with van der Waals surface area (Å²) < 4.78 is 16.4. The number of ether oxygens (including phenoxy) is 3. The lowest BCUT2D eigenvalue weighted by molar-refractivity contribution is -0.124. The first-order valence-electron chi connectivity index (χ1n) is 8.48. The van der Waals surface area contributed by atoms with E-state index >= 15 is 0 Å². The molecule has 0 bridgehead atoms. The van der Waals surface area contributed by atoms with Crippen molar-refractivity contribution in [2.45, 2.75) is 26.4 Å². The van der Waals surface area contributed by atoms with Crippen molar-refractivity contribution in [2.75, 3.05) is 19.8 Å². The summed E-state index contributed by atoms with van der Waals surface area (Å²) in [5.74, 6) is 0.509. The van der Waals surface area contributed by atoms with Gasteiger partial charge >= 0.3 is 5.97 Å². The van der Waals surface area contributed by atoms with Crippen molar-refractivity contribution in [2.24, 2.45) is 0 Å². The topological polar surface area (TPSA) is 73.9 Å². The van der Waals surface area contributed by atoms with Gasteiger partial charge in [-0.05, 0) is 37.1 Å². The second kappa shape index (κ2) is 8.23. The summed E-state index contributed by atoms with van der Waals surface area (Å²) in [5.41, 5.74) is 1.07.